The fourth-order valence-electron chi connectivity index (χ4n) is 4.10. The SMILES string of the molecule is CC(=O)CCC1CC=C(C(C)(C)CC/C=C(\C)C(C)C)CC1CCC(C)=O. The van der Waals surface area contributed by atoms with E-state index in [1.54, 1.807) is 19.4 Å². The van der Waals surface area contributed by atoms with Gasteiger partial charge in [-0.2, -0.15) is 0 Å². The topological polar surface area (TPSA) is 34.1 Å². The lowest BCUT2D eigenvalue weighted by atomic mass is 9.67. The van der Waals surface area contributed by atoms with E-state index >= 15 is 0 Å². The van der Waals surface area contributed by atoms with Gasteiger partial charge < -0.3 is 9.59 Å². The second-order valence-corrected chi connectivity index (χ2v) is 9.70. The zero-order valence-corrected chi connectivity index (χ0v) is 18.9. The van der Waals surface area contributed by atoms with Crippen LogP contribution in [0.25, 0.3) is 0 Å². The van der Waals surface area contributed by atoms with Crippen molar-refractivity contribution in [2.24, 2.45) is 23.2 Å². The summed E-state index contributed by atoms with van der Waals surface area (Å²) >= 11 is 0. The normalized spacial score (nSPS) is 21.3. The number of carbonyl (C=O) groups is 2. The molecule has 2 atom stereocenters. The summed E-state index contributed by atoms with van der Waals surface area (Å²) in [4.78, 5) is 23.0. The summed E-state index contributed by atoms with van der Waals surface area (Å²) in [7, 11) is 0. The van der Waals surface area contributed by atoms with Gasteiger partial charge in [0.25, 0.3) is 0 Å². The van der Waals surface area contributed by atoms with Crippen molar-refractivity contribution in [3.8, 4) is 0 Å². The van der Waals surface area contributed by atoms with Crippen molar-refractivity contribution in [2.75, 3.05) is 0 Å². The van der Waals surface area contributed by atoms with Crippen LogP contribution in [0.15, 0.2) is 23.3 Å². The summed E-state index contributed by atoms with van der Waals surface area (Å²) < 4.78 is 0. The highest BCUT2D eigenvalue weighted by Crippen LogP contribution is 2.44. The number of rotatable bonds is 11. The van der Waals surface area contributed by atoms with Crippen molar-refractivity contribution in [2.45, 2.75) is 99.8 Å². The highest BCUT2D eigenvalue weighted by atomic mass is 16.1. The minimum Gasteiger partial charge on any atom is -0.300 e. The van der Waals surface area contributed by atoms with Crippen LogP contribution in [0, 0.1) is 23.2 Å². The van der Waals surface area contributed by atoms with Gasteiger partial charge in [0.2, 0.25) is 0 Å². The molecule has 0 heterocycles. The van der Waals surface area contributed by atoms with Crippen LogP contribution in [0.5, 0.6) is 0 Å². The molecule has 2 unspecified atom stereocenters. The second-order valence-electron chi connectivity index (χ2n) is 9.70. The third-order valence-corrected chi connectivity index (χ3v) is 6.57. The van der Waals surface area contributed by atoms with Crippen LogP contribution < -0.4 is 0 Å². The van der Waals surface area contributed by atoms with Gasteiger partial charge in [0, 0.05) is 12.8 Å². The molecule has 0 aromatic carbocycles. The first-order valence-corrected chi connectivity index (χ1v) is 10.9. The molecule has 154 valence electrons. The first kappa shape index (κ1) is 23.9. The van der Waals surface area contributed by atoms with Crippen LogP contribution in [-0.2, 0) is 9.59 Å². The highest BCUT2D eigenvalue weighted by Gasteiger charge is 2.32. The Bertz CT molecular complexity index is 563. The van der Waals surface area contributed by atoms with E-state index in [1.807, 2.05) is 0 Å². The van der Waals surface area contributed by atoms with Crippen LogP contribution in [0.4, 0.5) is 0 Å². The molecule has 2 heteroatoms. The third kappa shape index (κ3) is 8.58. The molecule has 0 fully saturated rings. The first-order chi connectivity index (χ1) is 12.5. The molecular formula is C25H42O2. The van der Waals surface area contributed by atoms with Crippen molar-refractivity contribution in [1.29, 1.82) is 0 Å². The monoisotopic (exact) mass is 374 g/mol. The smallest absolute Gasteiger partial charge is 0.129 e. The minimum absolute atomic E-state index is 0.202. The van der Waals surface area contributed by atoms with E-state index in [0.29, 0.717) is 30.6 Å². The van der Waals surface area contributed by atoms with Gasteiger partial charge in [0.15, 0.2) is 0 Å². The Morgan fingerprint density at radius 2 is 1.63 bits per heavy atom. The maximum absolute atomic E-state index is 11.5. The fourth-order valence-corrected chi connectivity index (χ4v) is 4.10. The summed E-state index contributed by atoms with van der Waals surface area (Å²) in [5.74, 6) is 2.28. The van der Waals surface area contributed by atoms with Gasteiger partial charge in [-0.3, -0.25) is 0 Å². The molecular weight excluding hydrogens is 332 g/mol. The van der Waals surface area contributed by atoms with Crippen molar-refractivity contribution < 1.29 is 9.59 Å². The lowest BCUT2D eigenvalue weighted by molar-refractivity contribution is -0.118. The zero-order valence-electron chi connectivity index (χ0n) is 18.9. The number of hydrogen-bond donors (Lipinski definition) is 0. The average molecular weight is 375 g/mol. The molecule has 2 nitrogen and oxygen atoms in total. The summed E-state index contributed by atoms with van der Waals surface area (Å²) in [6, 6.07) is 0. The lowest BCUT2D eigenvalue weighted by Gasteiger charge is -2.38. The quantitative estimate of drug-likeness (QED) is 0.362. The van der Waals surface area contributed by atoms with Gasteiger partial charge in [0.05, 0.1) is 0 Å². The predicted octanol–water partition coefficient (Wildman–Crippen LogP) is 7.09. The van der Waals surface area contributed by atoms with Crippen LogP contribution in [0.3, 0.4) is 0 Å². The van der Waals surface area contributed by atoms with E-state index in [0.717, 1.165) is 32.1 Å². The number of allylic oxidation sites excluding steroid dienone is 4. The number of Topliss-reactive ketones (excluding diaryl/α,β-unsaturated/α-hetero) is 2. The molecule has 0 radical (unpaired) electrons. The van der Waals surface area contributed by atoms with Crippen molar-refractivity contribution in [3.05, 3.63) is 23.3 Å². The molecule has 0 aromatic rings. The van der Waals surface area contributed by atoms with Gasteiger partial charge in [-0.05, 0) is 82.5 Å². The van der Waals surface area contributed by atoms with Gasteiger partial charge in [0.1, 0.15) is 11.6 Å². The molecule has 1 aliphatic rings. The lowest BCUT2D eigenvalue weighted by Crippen LogP contribution is -2.26. The summed E-state index contributed by atoms with van der Waals surface area (Å²) in [6.07, 6.45) is 12.6. The van der Waals surface area contributed by atoms with Crippen LogP contribution in [0.1, 0.15) is 99.8 Å². The molecule has 1 rings (SSSR count). The molecule has 0 aromatic heterocycles. The maximum atomic E-state index is 11.5. The van der Waals surface area contributed by atoms with Crippen molar-refractivity contribution in [3.63, 3.8) is 0 Å². The summed E-state index contributed by atoms with van der Waals surface area (Å²) in [5, 5.41) is 0. The molecule has 0 spiro atoms. The number of ketones is 2. The highest BCUT2D eigenvalue weighted by molar-refractivity contribution is 5.75. The predicted molar refractivity (Wildman–Crippen MR) is 116 cm³/mol. The molecule has 0 saturated heterocycles. The zero-order chi connectivity index (χ0) is 20.6. The van der Waals surface area contributed by atoms with Crippen molar-refractivity contribution >= 4 is 11.6 Å². The molecule has 0 saturated carbocycles. The van der Waals surface area contributed by atoms with E-state index in [4.69, 9.17) is 0 Å². The fraction of sp³-hybridized carbons (Fsp3) is 0.760. The Morgan fingerprint density at radius 1 is 1.07 bits per heavy atom. The molecule has 27 heavy (non-hydrogen) atoms. The first-order valence-electron chi connectivity index (χ1n) is 10.9. The van der Waals surface area contributed by atoms with E-state index < -0.39 is 0 Å². The average Bonchev–Trinajstić information content (AvgIpc) is 2.57. The van der Waals surface area contributed by atoms with Crippen LogP contribution in [-0.4, -0.2) is 11.6 Å². The maximum Gasteiger partial charge on any atom is 0.129 e. The Labute approximate surface area is 167 Å². The summed E-state index contributed by atoms with van der Waals surface area (Å²) in [5.41, 5.74) is 3.24. The largest absolute Gasteiger partial charge is 0.300 e. The van der Waals surface area contributed by atoms with E-state index in [1.165, 1.54) is 12.0 Å². The van der Waals surface area contributed by atoms with Gasteiger partial charge in [-0.1, -0.05) is 51.0 Å². The van der Waals surface area contributed by atoms with Crippen LogP contribution >= 0.6 is 0 Å². The van der Waals surface area contributed by atoms with Crippen LogP contribution in [0.2, 0.25) is 0 Å². The summed E-state index contributed by atoms with van der Waals surface area (Å²) in [6.45, 7) is 14.9. The second kappa shape index (κ2) is 11.0. The van der Waals surface area contributed by atoms with Gasteiger partial charge >= 0.3 is 0 Å². The minimum atomic E-state index is 0.202. The standard InChI is InChI=1S/C25H42O2/c1-18(2)19(3)9-8-16-25(6,7)24-15-14-22(12-10-20(4)26)23(17-24)13-11-21(5)27/h9,15,18,22-23H,8,10-14,16-17H2,1-7H3/b19-9+. The Kier molecular flexibility index (Phi) is 9.70. The Hall–Kier alpha value is -1.18. The number of carbonyl (C=O) groups excluding carboxylic acids is 2. The Balaban J connectivity index is 2.79. The third-order valence-electron chi connectivity index (χ3n) is 6.57. The van der Waals surface area contributed by atoms with Gasteiger partial charge in [-0.15, -0.1) is 0 Å². The molecule has 0 aliphatic heterocycles. The molecule has 0 amide bonds. The molecule has 0 N–H and O–H groups in total. The van der Waals surface area contributed by atoms with E-state index in [2.05, 4.69) is 46.8 Å². The molecule has 0 bridgehead atoms. The number of hydrogen-bond acceptors (Lipinski definition) is 2. The van der Waals surface area contributed by atoms with E-state index in [9.17, 15) is 9.59 Å². The van der Waals surface area contributed by atoms with Crippen molar-refractivity contribution in [1.82, 2.24) is 0 Å². The Morgan fingerprint density at radius 3 is 2.15 bits per heavy atom. The van der Waals surface area contributed by atoms with E-state index in [-0.39, 0.29) is 17.0 Å². The van der Waals surface area contributed by atoms with Gasteiger partial charge in [-0.25, -0.2) is 0 Å². The molecule has 1 aliphatic carbocycles.